The van der Waals surface area contributed by atoms with E-state index in [-0.39, 0.29) is 12.5 Å². The zero-order valence-electron chi connectivity index (χ0n) is 16.4. The van der Waals surface area contributed by atoms with Gasteiger partial charge in [-0.3, -0.25) is 19.4 Å². The molecule has 0 aliphatic rings. The van der Waals surface area contributed by atoms with Crippen molar-refractivity contribution in [1.29, 1.82) is 0 Å². The van der Waals surface area contributed by atoms with E-state index in [4.69, 9.17) is 9.47 Å². The molecule has 0 radical (unpaired) electrons. The summed E-state index contributed by atoms with van der Waals surface area (Å²) in [6.45, 7) is 0.441. The van der Waals surface area contributed by atoms with Crippen molar-refractivity contribution in [2.45, 2.75) is 13.2 Å². The molecule has 1 aromatic carbocycles. The van der Waals surface area contributed by atoms with E-state index in [1.807, 2.05) is 60.8 Å². The maximum atomic E-state index is 11.7. The van der Waals surface area contributed by atoms with E-state index < -0.39 is 0 Å². The maximum absolute atomic E-state index is 11.7. The predicted molar refractivity (Wildman–Crippen MR) is 111 cm³/mol. The lowest BCUT2D eigenvalue weighted by molar-refractivity contribution is -0.141. The van der Waals surface area contributed by atoms with E-state index in [0.717, 1.165) is 33.8 Å². The molecule has 0 bridgehead atoms. The van der Waals surface area contributed by atoms with E-state index in [1.54, 1.807) is 23.3 Å². The number of hydrogen-bond donors (Lipinski definition) is 0. The highest BCUT2D eigenvalue weighted by molar-refractivity contribution is 5.80. The number of carbonyl (C=O) groups excluding carboxylic acids is 1. The van der Waals surface area contributed by atoms with Gasteiger partial charge >= 0.3 is 5.97 Å². The topological polar surface area (TPSA) is 79.1 Å². The first-order valence-corrected chi connectivity index (χ1v) is 9.41. The second-order valence-electron chi connectivity index (χ2n) is 6.54. The fourth-order valence-electron chi connectivity index (χ4n) is 3.00. The van der Waals surface area contributed by atoms with Crippen LogP contribution >= 0.6 is 0 Å². The minimum absolute atomic E-state index is 0.0415. The SMILES string of the molecule is COC(=O)Cn1cc(-c2ccncc2)c(-c2ccc(OCc3ccccn3)cc2)n1. The average molecular weight is 400 g/mol. The first-order valence-electron chi connectivity index (χ1n) is 9.41. The fraction of sp³-hybridized carbons (Fsp3) is 0.130. The van der Waals surface area contributed by atoms with E-state index >= 15 is 0 Å². The molecular weight excluding hydrogens is 380 g/mol. The summed E-state index contributed by atoms with van der Waals surface area (Å²) in [6.07, 6.45) is 7.04. The Morgan fingerprint density at radius 2 is 1.77 bits per heavy atom. The Morgan fingerprint density at radius 1 is 0.967 bits per heavy atom. The van der Waals surface area contributed by atoms with Crippen molar-refractivity contribution in [2.75, 3.05) is 7.11 Å². The maximum Gasteiger partial charge on any atom is 0.327 e. The molecule has 0 fully saturated rings. The van der Waals surface area contributed by atoms with E-state index in [9.17, 15) is 4.79 Å². The van der Waals surface area contributed by atoms with Crippen molar-refractivity contribution in [1.82, 2.24) is 19.7 Å². The first-order chi connectivity index (χ1) is 14.7. The number of ether oxygens (including phenoxy) is 2. The number of hydrogen-bond acceptors (Lipinski definition) is 6. The molecule has 30 heavy (non-hydrogen) atoms. The van der Waals surface area contributed by atoms with Crippen molar-refractivity contribution in [3.8, 4) is 28.1 Å². The van der Waals surface area contributed by atoms with Crippen molar-refractivity contribution in [2.24, 2.45) is 0 Å². The molecule has 0 amide bonds. The summed E-state index contributed by atoms with van der Waals surface area (Å²) in [7, 11) is 1.36. The van der Waals surface area contributed by atoms with Gasteiger partial charge in [0.2, 0.25) is 0 Å². The molecule has 3 heterocycles. The molecule has 0 aliphatic carbocycles. The molecule has 0 atom stereocenters. The molecule has 7 heteroatoms. The van der Waals surface area contributed by atoms with Crippen molar-refractivity contribution in [3.63, 3.8) is 0 Å². The number of rotatable bonds is 7. The minimum Gasteiger partial charge on any atom is -0.487 e. The van der Waals surface area contributed by atoms with Gasteiger partial charge in [-0.25, -0.2) is 0 Å². The second kappa shape index (κ2) is 9.00. The highest BCUT2D eigenvalue weighted by Gasteiger charge is 2.15. The van der Waals surface area contributed by atoms with Gasteiger partial charge in [-0.1, -0.05) is 6.07 Å². The largest absolute Gasteiger partial charge is 0.487 e. The van der Waals surface area contributed by atoms with Crippen LogP contribution in [0.1, 0.15) is 5.69 Å². The van der Waals surface area contributed by atoms with Crippen molar-refractivity contribution in [3.05, 3.63) is 85.1 Å². The third kappa shape index (κ3) is 4.52. The molecule has 0 saturated carbocycles. The van der Waals surface area contributed by atoms with Crippen LogP contribution in [0.25, 0.3) is 22.4 Å². The molecular formula is C23H20N4O3. The van der Waals surface area contributed by atoms with Crippen molar-refractivity contribution >= 4 is 5.97 Å². The number of esters is 1. The Kier molecular flexibility index (Phi) is 5.80. The van der Waals surface area contributed by atoms with E-state index in [1.165, 1.54) is 7.11 Å². The van der Waals surface area contributed by atoms with E-state index in [2.05, 4.69) is 15.1 Å². The van der Waals surface area contributed by atoms with Crippen LogP contribution in [0.15, 0.2) is 79.4 Å². The molecule has 4 rings (SSSR count). The zero-order chi connectivity index (χ0) is 20.8. The molecule has 150 valence electrons. The lowest BCUT2D eigenvalue weighted by Gasteiger charge is -2.07. The Balaban J connectivity index is 1.59. The standard InChI is InChI=1S/C23H20N4O3/c1-29-22(28)15-27-14-21(17-9-12-24-13-10-17)23(26-27)18-5-7-20(8-6-18)30-16-19-4-2-3-11-25-19/h2-14H,15-16H2,1H3. The lowest BCUT2D eigenvalue weighted by Crippen LogP contribution is -2.11. The molecule has 0 spiro atoms. The van der Waals surface area contributed by atoms with Crippen molar-refractivity contribution < 1.29 is 14.3 Å². The number of methoxy groups -OCH3 is 1. The van der Waals surface area contributed by atoms with Crippen LogP contribution in [0.2, 0.25) is 0 Å². The quantitative estimate of drug-likeness (QED) is 0.440. The summed E-state index contributed by atoms with van der Waals surface area (Å²) in [5, 5.41) is 4.61. The van der Waals surface area contributed by atoms with Gasteiger partial charge in [0.25, 0.3) is 0 Å². The van der Waals surface area contributed by atoms with Crippen LogP contribution < -0.4 is 4.74 Å². The third-order valence-corrected chi connectivity index (χ3v) is 4.51. The van der Waals surface area contributed by atoms with Gasteiger partial charge in [0.15, 0.2) is 0 Å². The Morgan fingerprint density at radius 3 is 2.47 bits per heavy atom. The van der Waals surface area contributed by atoms with Crippen LogP contribution in [0.5, 0.6) is 5.75 Å². The van der Waals surface area contributed by atoms with Gasteiger partial charge in [-0.2, -0.15) is 5.10 Å². The van der Waals surface area contributed by atoms with Crippen LogP contribution in [-0.4, -0.2) is 32.8 Å². The van der Waals surface area contributed by atoms with Gasteiger partial charge in [-0.15, -0.1) is 0 Å². The summed E-state index contributed by atoms with van der Waals surface area (Å²) >= 11 is 0. The summed E-state index contributed by atoms with van der Waals surface area (Å²) in [5.41, 5.74) is 4.41. The van der Waals surface area contributed by atoms with Gasteiger partial charge < -0.3 is 9.47 Å². The summed E-state index contributed by atoms with van der Waals surface area (Å²) < 4.78 is 12.2. The Hall–Kier alpha value is -4.00. The number of nitrogens with zero attached hydrogens (tertiary/aromatic N) is 4. The number of pyridine rings is 2. The molecule has 3 aromatic heterocycles. The second-order valence-corrected chi connectivity index (χ2v) is 6.54. The molecule has 4 aromatic rings. The average Bonchev–Trinajstić information content (AvgIpc) is 3.23. The van der Waals surface area contributed by atoms with Crippen LogP contribution in [-0.2, 0) is 22.7 Å². The number of benzene rings is 1. The van der Waals surface area contributed by atoms with Gasteiger partial charge in [0, 0.05) is 35.9 Å². The Bertz CT molecular complexity index is 1110. The first kappa shape index (κ1) is 19.3. The molecule has 7 nitrogen and oxygen atoms in total. The third-order valence-electron chi connectivity index (χ3n) is 4.51. The van der Waals surface area contributed by atoms with Crippen LogP contribution in [0, 0.1) is 0 Å². The molecule has 0 N–H and O–H groups in total. The van der Waals surface area contributed by atoms with Gasteiger partial charge in [-0.05, 0) is 54.1 Å². The normalized spacial score (nSPS) is 10.6. The predicted octanol–water partition coefficient (Wildman–Crippen LogP) is 3.76. The fourth-order valence-corrected chi connectivity index (χ4v) is 3.00. The van der Waals surface area contributed by atoms with E-state index in [0.29, 0.717) is 6.61 Å². The summed E-state index contributed by atoms with van der Waals surface area (Å²) in [4.78, 5) is 20.0. The van der Waals surface area contributed by atoms with Gasteiger partial charge in [0.05, 0.1) is 12.8 Å². The molecule has 0 unspecified atom stereocenters. The smallest absolute Gasteiger partial charge is 0.327 e. The Labute approximate surface area is 173 Å². The van der Waals surface area contributed by atoms with Crippen LogP contribution in [0.4, 0.5) is 0 Å². The number of carbonyl (C=O) groups is 1. The highest BCUT2D eigenvalue weighted by Crippen LogP contribution is 2.31. The summed E-state index contributed by atoms with van der Waals surface area (Å²) in [5.74, 6) is 0.382. The molecule has 0 aliphatic heterocycles. The monoisotopic (exact) mass is 400 g/mol. The zero-order valence-corrected chi connectivity index (χ0v) is 16.4. The van der Waals surface area contributed by atoms with Gasteiger partial charge in [0.1, 0.15) is 24.6 Å². The number of aromatic nitrogens is 4. The molecule has 0 saturated heterocycles. The summed E-state index contributed by atoms with van der Waals surface area (Å²) in [6, 6.07) is 17.2. The lowest BCUT2D eigenvalue weighted by atomic mass is 10.0. The van der Waals surface area contributed by atoms with Crippen LogP contribution in [0.3, 0.4) is 0 Å². The minimum atomic E-state index is -0.358. The highest BCUT2D eigenvalue weighted by atomic mass is 16.5.